The third-order valence-corrected chi connectivity index (χ3v) is 2.86. The normalized spacial score (nSPS) is 24.1. The van der Waals surface area contributed by atoms with Gasteiger partial charge in [-0.1, -0.05) is 0 Å². The van der Waals surface area contributed by atoms with Crippen LogP contribution in [0.3, 0.4) is 0 Å². The van der Waals surface area contributed by atoms with Crippen LogP contribution in [0.1, 0.15) is 40.5 Å². The van der Waals surface area contributed by atoms with Crippen molar-refractivity contribution in [3.8, 4) is 0 Å². The van der Waals surface area contributed by atoms with E-state index in [2.05, 4.69) is 33.0 Å². The van der Waals surface area contributed by atoms with Crippen molar-refractivity contribution in [2.75, 3.05) is 13.2 Å². The maximum absolute atomic E-state index is 11.8. The molecule has 0 aromatic heterocycles. The zero-order valence-corrected chi connectivity index (χ0v) is 10.7. The number of carbonyl (C=O) groups excluding carboxylic acids is 1. The van der Waals surface area contributed by atoms with Crippen LogP contribution in [0, 0.1) is 5.92 Å². The standard InChI is InChI=1S/C12H23NO3/c1-11(2)7-9(8-12(3,4)13-11)10(15)16-6-5-14/h9,13-14H,5-8H2,1-4H3. The average Bonchev–Trinajstić information content (AvgIpc) is 2.09. The molecule has 1 fully saturated rings. The molecule has 2 N–H and O–H groups in total. The molecule has 4 nitrogen and oxygen atoms in total. The van der Waals surface area contributed by atoms with Gasteiger partial charge in [0, 0.05) is 11.1 Å². The number of ether oxygens (including phenoxy) is 1. The number of carbonyl (C=O) groups is 1. The van der Waals surface area contributed by atoms with Crippen molar-refractivity contribution in [1.29, 1.82) is 0 Å². The lowest BCUT2D eigenvalue weighted by atomic mass is 9.76. The van der Waals surface area contributed by atoms with E-state index in [1.165, 1.54) is 0 Å². The molecular formula is C12H23NO3. The molecule has 1 aliphatic heterocycles. The van der Waals surface area contributed by atoms with Gasteiger partial charge in [-0.15, -0.1) is 0 Å². The molecule has 1 aliphatic rings. The van der Waals surface area contributed by atoms with E-state index in [1.54, 1.807) is 0 Å². The van der Waals surface area contributed by atoms with Gasteiger partial charge in [0.2, 0.25) is 0 Å². The van der Waals surface area contributed by atoms with Gasteiger partial charge >= 0.3 is 5.97 Å². The summed E-state index contributed by atoms with van der Waals surface area (Å²) in [5.74, 6) is -0.255. The first-order valence-electron chi connectivity index (χ1n) is 5.83. The number of aliphatic hydroxyl groups excluding tert-OH is 1. The molecule has 0 spiro atoms. The van der Waals surface area contributed by atoms with Gasteiger partial charge in [-0.25, -0.2) is 0 Å². The predicted octanol–water partition coefficient (Wildman–Crippen LogP) is 1.08. The highest BCUT2D eigenvalue weighted by Gasteiger charge is 2.41. The van der Waals surface area contributed by atoms with Gasteiger partial charge in [0.25, 0.3) is 0 Å². The summed E-state index contributed by atoms with van der Waals surface area (Å²) in [6.07, 6.45) is 1.56. The van der Waals surface area contributed by atoms with Crippen LogP contribution in [0.4, 0.5) is 0 Å². The fourth-order valence-electron chi connectivity index (χ4n) is 2.75. The topological polar surface area (TPSA) is 58.6 Å². The fraction of sp³-hybridized carbons (Fsp3) is 0.917. The predicted molar refractivity (Wildman–Crippen MR) is 62.1 cm³/mol. The Morgan fingerprint density at radius 2 is 1.81 bits per heavy atom. The summed E-state index contributed by atoms with van der Waals surface area (Å²) in [5, 5.41) is 12.1. The average molecular weight is 229 g/mol. The van der Waals surface area contributed by atoms with E-state index in [4.69, 9.17) is 9.84 Å². The SMILES string of the molecule is CC1(C)CC(C(=O)OCCO)CC(C)(C)N1. The molecule has 1 heterocycles. The van der Waals surface area contributed by atoms with Crippen LogP contribution in [0.5, 0.6) is 0 Å². The molecule has 0 aromatic carbocycles. The Kier molecular flexibility index (Phi) is 3.97. The van der Waals surface area contributed by atoms with Crippen molar-refractivity contribution in [2.24, 2.45) is 5.92 Å². The molecule has 0 aliphatic carbocycles. The van der Waals surface area contributed by atoms with E-state index in [0.29, 0.717) is 0 Å². The fourth-order valence-corrected chi connectivity index (χ4v) is 2.75. The van der Waals surface area contributed by atoms with Crippen molar-refractivity contribution in [3.05, 3.63) is 0 Å². The number of aliphatic hydroxyl groups is 1. The summed E-state index contributed by atoms with van der Waals surface area (Å²) in [7, 11) is 0. The second-order valence-corrected chi connectivity index (χ2v) is 5.89. The first-order valence-corrected chi connectivity index (χ1v) is 5.83. The number of rotatable bonds is 3. The highest BCUT2D eigenvalue weighted by Crippen LogP contribution is 2.33. The first-order chi connectivity index (χ1) is 7.26. The maximum atomic E-state index is 11.8. The van der Waals surface area contributed by atoms with Crippen molar-refractivity contribution >= 4 is 5.97 Å². The molecule has 0 amide bonds. The molecule has 0 radical (unpaired) electrons. The summed E-state index contributed by atoms with van der Waals surface area (Å²) in [6, 6.07) is 0. The van der Waals surface area contributed by atoms with Crippen LogP contribution in [-0.2, 0) is 9.53 Å². The summed E-state index contributed by atoms with van der Waals surface area (Å²) < 4.78 is 5.00. The summed E-state index contributed by atoms with van der Waals surface area (Å²) in [5.41, 5.74) is -0.102. The van der Waals surface area contributed by atoms with Crippen LogP contribution >= 0.6 is 0 Å². The zero-order chi connectivity index (χ0) is 12.4. The lowest BCUT2D eigenvalue weighted by Gasteiger charge is -2.45. The first kappa shape index (κ1) is 13.5. The van der Waals surface area contributed by atoms with Crippen LogP contribution in [0.15, 0.2) is 0 Å². The number of hydrogen-bond donors (Lipinski definition) is 2. The van der Waals surface area contributed by atoms with E-state index in [9.17, 15) is 4.79 Å². The molecule has 94 valence electrons. The third kappa shape index (κ3) is 3.76. The molecule has 16 heavy (non-hydrogen) atoms. The van der Waals surface area contributed by atoms with Gasteiger partial charge in [-0.2, -0.15) is 0 Å². The minimum Gasteiger partial charge on any atom is -0.463 e. The molecule has 1 saturated heterocycles. The third-order valence-electron chi connectivity index (χ3n) is 2.86. The van der Waals surface area contributed by atoms with Gasteiger partial charge in [0.15, 0.2) is 0 Å². The van der Waals surface area contributed by atoms with Crippen LogP contribution in [0.25, 0.3) is 0 Å². The van der Waals surface area contributed by atoms with E-state index in [0.717, 1.165) is 12.8 Å². The van der Waals surface area contributed by atoms with E-state index < -0.39 is 0 Å². The maximum Gasteiger partial charge on any atom is 0.309 e. The summed E-state index contributed by atoms with van der Waals surface area (Å²) >= 11 is 0. The highest BCUT2D eigenvalue weighted by atomic mass is 16.5. The molecule has 1 rings (SSSR count). The molecule has 0 aromatic rings. The van der Waals surface area contributed by atoms with Gasteiger partial charge in [0.1, 0.15) is 6.61 Å². The number of nitrogens with one attached hydrogen (secondary N) is 1. The van der Waals surface area contributed by atoms with Crippen molar-refractivity contribution < 1.29 is 14.6 Å². The van der Waals surface area contributed by atoms with Gasteiger partial charge < -0.3 is 15.2 Å². The van der Waals surface area contributed by atoms with Crippen molar-refractivity contribution in [1.82, 2.24) is 5.32 Å². The zero-order valence-electron chi connectivity index (χ0n) is 10.7. The molecule has 0 unspecified atom stereocenters. The Morgan fingerprint density at radius 1 is 1.31 bits per heavy atom. The summed E-state index contributed by atoms with van der Waals surface area (Å²) in [6.45, 7) is 8.38. The Balaban J connectivity index is 2.63. The molecule has 0 atom stereocenters. The number of piperidine rings is 1. The van der Waals surface area contributed by atoms with E-state index in [-0.39, 0.29) is 36.2 Å². The second-order valence-electron chi connectivity index (χ2n) is 5.89. The van der Waals surface area contributed by atoms with Gasteiger partial charge in [-0.3, -0.25) is 4.79 Å². The van der Waals surface area contributed by atoms with Gasteiger partial charge in [0.05, 0.1) is 12.5 Å². The van der Waals surface area contributed by atoms with Crippen molar-refractivity contribution in [2.45, 2.75) is 51.6 Å². The lowest BCUT2D eigenvalue weighted by Crippen LogP contribution is -2.59. The van der Waals surface area contributed by atoms with Crippen LogP contribution < -0.4 is 5.32 Å². The van der Waals surface area contributed by atoms with E-state index in [1.807, 2.05) is 0 Å². The quantitative estimate of drug-likeness (QED) is 0.711. The van der Waals surface area contributed by atoms with Crippen molar-refractivity contribution in [3.63, 3.8) is 0 Å². The molecular weight excluding hydrogens is 206 g/mol. The van der Waals surface area contributed by atoms with E-state index >= 15 is 0 Å². The molecule has 0 saturated carbocycles. The Labute approximate surface area is 97.4 Å². The molecule has 4 heteroatoms. The highest BCUT2D eigenvalue weighted by molar-refractivity contribution is 5.73. The lowest BCUT2D eigenvalue weighted by molar-refractivity contribution is -0.152. The Morgan fingerprint density at radius 3 is 2.25 bits per heavy atom. The van der Waals surface area contributed by atoms with Gasteiger partial charge in [-0.05, 0) is 40.5 Å². The summed E-state index contributed by atoms with van der Waals surface area (Å²) in [4.78, 5) is 11.8. The van der Waals surface area contributed by atoms with Crippen LogP contribution in [0.2, 0.25) is 0 Å². The molecule has 0 bridgehead atoms. The second kappa shape index (κ2) is 4.72. The Bertz CT molecular complexity index is 245. The smallest absolute Gasteiger partial charge is 0.309 e. The minimum absolute atomic E-state index is 0.0509. The largest absolute Gasteiger partial charge is 0.463 e. The monoisotopic (exact) mass is 229 g/mol. The minimum atomic E-state index is -0.184. The van der Waals surface area contributed by atoms with Crippen LogP contribution in [-0.4, -0.2) is 35.4 Å². The number of esters is 1. The Hall–Kier alpha value is -0.610. The number of hydrogen-bond acceptors (Lipinski definition) is 4.